The Labute approximate surface area is 276 Å². The van der Waals surface area contributed by atoms with Crippen molar-refractivity contribution in [3.63, 3.8) is 0 Å². The van der Waals surface area contributed by atoms with E-state index in [1.807, 2.05) is 74.5 Å². The normalized spacial score (nSPS) is 11.5. The standard InChI is InChI=1S/C41H40N4O2/c1-25-15-17-29(27(3)19-25)37-21-33(31-11-7-9-13-35(31)44-37)39(46)42-23-41(5,6)24-43-40(47)34-22-38(30-18-16-26(2)20-28(30)4)45-36-14-10-8-12-32(34)36/h7-22H,23-24H2,1-6H3,(H,42,46)(H,43,47). The molecule has 0 unspecified atom stereocenters. The first-order valence-electron chi connectivity index (χ1n) is 16.0. The molecule has 4 aromatic carbocycles. The van der Waals surface area contributed by atoms with Gasteiger partial charge in [-0.1, -0.05) is 97.8 Å². The first-order chi connectivity index (χ1) is 22.5. The summed E-state index contributed by atoms with van der Waals surface area (Å²) in [5.41, 5.74) is 10.4. The van der Waals surface area contributed by atoms with E-state index in [0.717, 1.165) is 55.4 Å². The van der Waals surface area contributed by atoms with Crippen molar-refractivity contribution in [3.05, 3.63) is 130 Å². The number of nitrogens with zero attached hydrogens (tertiary/aromatic N) is 2. The molecule has 0 saturated carbocycles. The van der Waals surface area contributed by atoms with Crippen LogP contribution in [0.25, 0.3) is 44.3 Å². The monoisotopic (exact) mass is 620 g/mol. The molecule has 0 spiro atoms. The SMILES string of the molecule is Cc1ccc(-c2cc(C(=O)NCC(C)(C)CNC(=O)c3cc(-c4ccc(C)cc4C)nc4ccccc34)c3ccccc3n2)c(C)c1. The van der Waals surface area contributed by atoms with Gasteiger partial charge in [-0.25, -0.2) is 9.97 Å². The molecule has 2 N–H and O–H groups in total. The number of hydrogen-bond acceptors (Lipinski definition) is 4. The van der Waals surface area contributed by atoms with Gasteiger partial charge in [0, 0.05) is 35.0 Å². The fourth-order valence-corrected chi connectivity index (χ4v) is 6.10. The van der Waals surface area contributed by atoms with Crippen LogP contribution in [-0.2, 0) is 0 Å². The molecule has 6 nitrogen and oxygen atoms in total. The third-order valence-corrected chi connectivity index (χ3v) is 8.69. The van der Waals surface area contributed by atoms with Crippen LogP contribution < -0.4 is 10.6 Å². The molecule has 0 aliphatic carbocycles. The molecule has 2 aromatic heterocycles. The van der Waals surface area contributed by atoms with Gasteiger partial charge in [-0.2, -0.15) is 0 Å². The Morgan fingerprint density at radius 1 is 0.574 bits per heavy atom. The van der Waals surface area contributed by atoms with E-state index < -0.39 is 5.41 Å². The summed E-state index contributed by atoms with van der Waals surface area (Å²) in [7, 11) is 0. The van der Waals surface area contributed by atoms with Crippen LogP contribution in [0.15, 0.2) is 97.1 Å². The van der Waals surface area contributed by atoms with Gasteiger partial charge in [0.15, 0.2) is 0 Å². The minimum Gasteiger partial charge on any atom is -0.351 e. The van der Waals surface area contributed by atoms with Crippen LogP contribution in [-0.4, -0.2) is 34.9 Å². The zero-order valence-corrected chi connectivity index (χ0v) is 27.9. The van der Waals surface area contributed by atoms with Crippen LogP contribution in [0.1, 0.15) is 56.8 Å². The molecule has 2 heterocycles. The van der Waals surface area contributed by atoms with Gasteiger partial charge in [0.1, 0.15) is 0 Å². The van der Waals surface area contributed by atoms with Crippen molar-refractivity contribution in [1.29, 1.82) is 0 Å². The van der Waals surface area contributed by atoms with Gasteiger partial charge < -0.3 is 10.6 Å². The molecule has 0 saturated heterocycles. The first-order valence-corrected chi connectivity index (χ1v) is 16.0. The van der Waals surface area contributed by atoms with E-state index in [1.54, 1.807) is 0 Å². The third kappa shape index (κ3) is 6.77. The fourth-order valence-electron chi connectivity index (χ4n) is 6.10. The van der Waals surface area contributed by atoms with Crippen molar-refractivity contribution in [3.8, 4) is 22.5 Å². The highest BCUT2D eigenvalue weighted by Crippen LogP contribution is 2.29. The average Bonchev–Trinajstić information content (AvgIpc) is 3.05. The van der Waals surface area contributed by atoms with Crippen molar-refractivity contribution < 1.29 is 9.59 Å². The number of aryl methyl sites for hydroxylation is 4. The summed E-state index contributed by atoms with van der Waals surface area (Å²) in [6, 6.07) is 31.7. The van der Waals surface area contributed by atoms with E-state index >= 15 is 0 Å². The van der Waals surface area contributed by atoms with Crippen molar-refractivity contribution >= 4 is 33.6 Å². The Morgan fingerprint density at radius 3 is 1.38 bits per heavy atom. The quantitative estimate of drug-likeness (QED) is 0.179. The number of hydrogen-bond donors (Lipinski definition) is 2. The van der Waals surface area contributed by atoms with Crippen molar-refractivity contribution in [2.75, 3.05) is 13.1 Å². The number of para-hydroxylation sites is 2. The lowest BCUT2D eigenvalue weighted by Gasteiger charge is -2.26. The predicted molar refractivity (Wildman–Crippen MR) is 192 cm³/mol. The molecule has 2 amide bonds. The molecule has 0 aliphatic rings. The Bertz CT molecular complexity index is 2010. The summed E-state index contributed by atoms with van der Waals surface area (Å²) in [5, 5.41) is 7.88. The average molecular weight is 621 g/mol. The maximum absolute atomic E-state index is 13.7. The molecule has 6 aromatic rings. The van der Waals surface area contributed by atoms with E-state index in [1.165, 1.54) is 11.1 Å². The zero-order valence-electron chi connectivity index (χ0n) is 27.9. The van der Waals surface area contributed by atoms with Gasteiger partial charge >= 0.3 is 0 Å². The van der Waals surface area contributed by atoms with E-state index in [2.05, 4.69) is 74.7 Å². The second-order valence-corrected chi connectivity index (χ2v) is 13.3. The maximum atomic E-state index is 13.7. The van der Waals surface area contributed by atoms with Crippen LogP contribution in [0.3, 0.4) is 0 Å². The molecule has 0 aliphatic heterocycles. The molecule has 6 rings (SSSR count). The largest absolute Gasteiger partial charge is 0.351 e. The number of pyridine rings is 2. The number of fused-ring (bicyclic) bond motifs is 2. The molecule has 0 bridgehead atoms. The van der Waals surface area contributed by atoms with E-state index in [-0.39, 0.29) is 11.8 Å². The Hall–Kier alpha value is -5.36. The predicted octanol–water partition coefficient (Wildman–Crippen LogP) is 8.54. The minimum atomic E-state index is -0.427. The number of rotatable bonds is 8. The van der Waals surface area contributed by atoms with E-state index in [9.17, 15) is 9.59 Å². The highest BCUT2D eigenvalue weighted by atomic mass is 16.2. The maximum Gasteiger partial charge on any atom is 0.252 e. The minimum absolute atomic E-state index is 0.174. The van der Waals surface area contributed by atoms with Gasteiger partial charge in [-0.15, -0.1) is 0 Å². The van der Waals surface area contributed by atoms with Crippen LogP contribution in [0.4, 0.5) is 0 Å². The number of aromatic nitrogens is 2. The summed E-state index contributed by atoms with van der Waals surface area (Å²) in [6.07, 6.45) is 0. The second-order valence-electron chi connectivity index (χ2n) is 13.3. The number of nitrogens with one attached hydrogen (secondary N) is 2. The Balaban J connectivity index is 1.20. The topological polar surface area (TPSA) is 84.0 Å². The van der Waals surface area contributed by atoms with Crippen LogP contribution >= 0.6 is 0 Å². The summed E-state index contributed by atoms with van der Waals surface area (Å²) in [5.74, 6) is -0.348. The lowest BCUT2D eigenvalue weighted by atomic mass is 9.92. The molecule has 0 radical (unpaired) electrons. The Kier molecular flexibility index (Phi) is 8.61. The molecular formula is C41H40N4O2. The zero-order chi connectivity index (χ0) is 33.3. The fraction of sp³-hybridized carbons (Fsp3) is 0.220. The van der Waals surface area contributed by atoms with Gasteiger partial charge in [0.05, 0.1) is 33.5 Å². The van der Waals surface area contributed by atoms with E-state index in [0.29, 0.717) is 24.2 Å². The highest BCUT2D eigenvalue weighted by molar-refractivity contribution is 6.08. The highest BCUT2D eigenvalue weighted by Gasteiger charge is 2.23. The lowest BCUT2D eigenvalue weighted by Crippen LogP contribution is -2.42. The van der Waals surface area contributed by atoms with Gasteiger partial charge in [-0.3, -0.25) is 9.59 Å². The lowest BCUT2D eigenvalue weighted by molar-refractivity contribution is 0.0921. The summed E-state index contributed by atoms with van der Waals surface area (Å²) in [4.78, 5) is 37.2. The number of amides is 2. The van der Waals surface area contributed by atoms with Crippen molar-refractivity contribution in [2.24, 2.45) is 5.41 Å². The van der Waals surface area contributed by atoms with Gasteiger partial charge in [0.25, 0.3) is 11.8 Å². The van der Waals surface area contributed by atoms with Gasteiger partial charge in [0.2, 0.25) is 0 Å². The van der Waals surface area contributed by atoms with Crippen LogP contribution in [0.2, 0.25) is 0 Å². The molecule has 6 heteroatoms. The molecule has 47 heavy (non-hydrogen) atoms. The third-order valence-electron chi connectivity index (χ3n) is 8.69. The number of benzene rings is 4. The van der Waals surface area contributed by atoms with Crippen molar-refractivity contribution in [1.82, 2.24) is 20.6 Å². The smallest absolute Gasteiger partial charge is 0.252 e. The van der Waals surface area contributed by atoms with Crippen molar-refractivity contribution in [2.45, 2.75) is 41.5 Å². The van der Waals surface area contributed by atoms with E-state index in [4.69, 9.17) is 9.97 Å². The number of carbonyl (C=O) groups is 2. The molecular weight excluding hydrogens is 580 g/mol. The van der Waals surface area contributed by atoms with Gasteiger partial charge in [-0.05, 0) is 68.5 Å². The molecule has 0 fully saturated rings. The van der Waals surface area contributed by atoms with Crippen LogP contribution in [0.5, 0.6) is 0 Å². The summed E-state index contributed by atoms with van der Waals surface area (Å²) < 4.78 is 0. The summed E-state index contributed by atoms with van der Waals surface area (Å²) >= 11 is 0. The summed E-state index contributed by atoms with van der Waals surface area (Å²) in [6.45, 7) is 13.1. The molecule has 236 valence electrons. The Morgan fingerprint density at radius 2 is 0.979 bits per heavy atom. The first kappa shape index (κ1) is 31.6. The molecule has 0 atom stereocenters. The van der Waals surface area contributed by atoms with Crippen LogP contribution in [0, 0.1) is 33.1 Å². The number of carbonyl (C=O) groups excluding carboxylic acids is 2. The second kappa shape index (κ2) is 12.8.